The molecular weight excluding hydrogens is 236 g/mol. The lowest BCUT2D eigenvalue weighted by Gasteiger charge is -2.28. The second-order valence-electron chi connectivity index (χ2n) is 4.31. The summed E-state index contributed by atoms with van der Waals surface area (Å²) in [6, 6.07) is 2.92. The molecule has 1 saturated heterocycles. The molecule has 0 radical (unpaired) electrons. The molecule has 2 rings (SSSR count). The summed E-state index contributed by atoms with van der Waals surface area (Å²) in [6.07, 6.45) is 1.79. The number of carboxylic acids is 1. The average Bonchev–Trinajstić information content (AvgIpc) is 2.28. The van der Waals surface area contributed by atoms with Crippen molar-refractivity contribution in [1.82, 2.24) is 4.98 Å². The summed E-state index contributed by atoms with van der Waals surface area (Å²) in [4.78, 5) is 39.4. The Balaban J connectivity index is 2.45. The van der Waals surface area contributed by atoms with Gasteiger partial charge in [-0.1, -0.05) is 6.92 Å². The van der Waals surface area contributed by atoms with Gasteiger partial charge in [0.2, 0.25) is 11.8 Å². The fourth-order valence-electron chi connectivity index (χ4n) is 2.00. The number of aromatic nitrogens is 1. The SMILES string of the molecule is CC1CC(=O)N(c2cccnc2C(=O)O)C(=O)C1. The molecule has 1 aliphatic heterocycles. The van der Waals surface area contributed by atoms with Crippen LogP contribution in [0.2, 0.25) is 0 Å². The van der Waals surface area contributed by atoms with Crippen LogP contribution in [0.15, 0.2) is 18.3 Å². The zero-order valence-corrected chi connectivity index (χ0v) is 9.79. The predicted molar refractivity (Wildman–Crippen MR) is 62.1 cm³/mol. The quantitative estimate of drug-likeness (QED) is 0.791. The first kappa shape index (κ1) is 12.2. The molecule has 1 fully saturated rings. The zero-order chi connectivity index (χ0) is 13.3. The van der Waals surface area contributed by atoms with E-state index in [-0.39, 0.29) is 42.0 Å². The molecular formula is C12H12N2O4. The number of imide groups is 1. The van der Waals surface area contributed by atoms with Crippen LogP contribution in [-0.2, 0) is 9.59 Å². The van der Waals surface area contributed by atoms with Gasteiger partial charge in [0.15, 0.2) is 5.69 Å². The first-order valence-corrected chi connectivity index (χ1v) is 5.54. The summed E-state index contributed by atoms with van der Waals surface area (Å²) >= 11 is 0. The predicted octanol–water partition coefficient (Wildman–Crippen LogP) is 1.07. The lowest BCUT2D eigenvalue weighted by molar-refractivity contribution is -0.130. The Hall–Kier alpha value is -2.24. The van der Waals surface area contributed by atoms with Crippen LogP contribution in [0.1, 0.15) is 30.3 Å². The molecule has 0 spiro atoms. The summed E-state index contributed by atoms with van der Waals surface area (Å²) in [5.74, 6) is -2.03. The lowest BCUT2D eigenvalue weighted by Crippen LogP contribution is -2.43. The topological polar surface area (TPSA) is 87.6 Å². The van der Waals surface area contributed by atoms with Crippen LogP contribution in [0.3, 0.4) is 0 Å². The van der Waals surface area contributed by atoms with Crippen molar-refractivity contribution in [3.05, 3.63) is 24.0 Å². The average molecular weight is 248 g/mol. The van der Waals surface area contributed by atoms with Gasteiger partial charge in [-0.25, -0.2) is 14.7 Å². The summed E-state index contributed by atoms with van der Waals surface area (Å²) in [5, 5.41) is 9.01. The summed E-state index contributed by atoms with van der Waals surface area (Å²) in [6.45, 7) is 1.81. The number of piperidine rings is 1. The summed E-state index contributed by atoms with van der Waals surface area (Å²) in [7, 11) is 0. The highest BCUT2D eigenvalue weighted by atomic mass is 16.4. The summed E-state index contributed by atoms with van der Waals surface area (Å²) < 4.78 is 0. The molecule has 0 aromatic carbocycles. The van der Waals surface area contributed by atoms with Crippen molar-refractivity contribution < 1.29 is 19.5 Å². The maximum atomic E-state index is 11.9. The minimum absolute atomic E-state index is 0.00815. The van der Waals surface area contributed by atoms with Gasteiger partial charge in [0.1, 0.15) is 0 Å². The third kappa shape index (κ3) is 2.09. The van der Waals surface area contributed by atoms with Gasteiger partial charge in [-0.05, 0) is 18.1 Å². The van der Waals surface area contributed by atoms with Gasteiger partial charge in [-0.2, -0.15) is 0 Å². The van der Waals surface area contributed by atoms with Crippen molar-refractivity contribution in [1.29, 1.82) is 0 Å². The van der Waals surface area contributed by atoms with E-state index in [4.69, 9.17) is 5.11 Å². The van der Waals surface area contributed by atoms with Crippen molar-refractivity contribution >= 4 is 23.5 Å². The number of rotatable bonds is 2. The number of nitrogens with zero attached hydrogens (tertiary/aromatic N) is 2. The number of carbonyl (C=O) groups excluding carboxylic acids is 2. The van der Waals surface area contributed by atoms with Crippen molar-refractivity contribution in [2.24, 2.45) is 5.92 Å². The van der Waals surface area contributed by atoms with Crippen LogP contribution in [-0.4, -0.2) is 27.9 Å². The van der Waals surface area contributed by atoms with Crippen LogP contribution in [0, 0.1) is 5.92 Å². The lowest BCUT2D eigenvalue weighted by atomic mass is 9.97. The minimum Gasteiger partial charge on any atom is -0.476 e. The number of carboxylic acid groups (broad SMARTS) is 1. The first-order chi connectivity index (χ1) is 8.50. The fraction of sp³-hybridized carbons (Fsp3) is 0.333. The maximum Gasteiger partial charge on any atom is 0.356 e. The molecule has 1 aromatic rings. The van der Waals surface area contributed by atoms with Gasteiger partial charge in [-0.3, -0.25) is 9.59 Å². The number of pyridine rings is 1. The molecule has 1 N–H and O–H groups in total. The van der Waals surface area contributed by atoms with Gasteiger partial charge in [0, 0.05) is 19.0 Å². The van der Waals surface area contributed by atoms with E-state index in [1.165, 1.54) is 18.3 Å². The van der Waals surface area contributed by atoms with E-state index in [0.717, 1.165) is 4.90 Å². The van der Waals surface area contributed by atoms with Crippen molar-refractivity contribution in [3.63, 3.8) is 0 Å². The van der Waals surface area contributed by atoms with Gasteiger partial charge >= 0.3 is 5.97 Å². The van der Waals surface area contributed by atoms with E-state index in [1.54, 1.807) is 0 Å². The van der Waals surface area contributed by atoms with Gasteiger partial charge in [-0.15, -0.1) is 0 Å². The van der Waals surface area contributed by atoms with Gasteiger partial charge in [0.05, 0.1) is 5.69 Å². The minimum atomic E-state index is -1.26. The van der Waals surface area contributed by atoms with Crippen molar-refractivity contribution in [2.75, 3.05) is 4.90 Å². The Kier molecular flexibility index (Phi) is 3.10. The molecule has 2 heterocycles. The molecule has 1 aromatic heterocycles. The molecule has 6 nitrogen and oxygen atoms in total. The van der Waals surface area contributed by atoms with Crippen molar-refractivity contribution in [3.8, 4) is 0 Å². The van der Waals surface area contributed by atoms with E-state index >= 15 is 0 Å². The highest BCUT2D eigenvalue weighted by Crippen LogP contribution is 2.26. The first-order valence-electron chi connectivity index (χ1n) is 5.54. The highest BCUT2D eigenvalue weighted by molar-refractivity contribution is 6.18. The second kappa shape index (κ2) is 4.56. The molecule has 0 atom stereocenters. The number of hydrogen-bond acceptors (Lipinski definition) is 4. The second-order valence-corrected chi connectivity index (χ2v) is 4.31. The number of hydrogen-bond donors (Lipinski definition) is 1. The highest BCUT2D eigenvalue weighted by Gasteiger charge is 2.33. The Morgan fingerprint density at radius 3 is 2.56 bits per heavy atom. The van der Waals surface area contributed by atoms with Crippen LogP contribution in [0.5, 0.6) is 0 Å². The Morgan fingerprint density at radius 1 is 1.39 bits per heavy atom. The smallest absolute Gasteiger partial charge is 0.356 e. The number of aromatic carboxylic acids is 1. The molecule has 0 aliphatic carbocycles. The van der Waals surface area contributed by atoms with Crippen molar-refractivity contribution in [2.45, 2.75) is 19.8 Å². The molecule has 0 unspecified atom stereocenters. The standard InChI is InChI=1S/C12H12N2O4/c1-7-5-9(15)14(10(16)6-7)8-3-2-4-13-11(8)12(17)18/h2-4,7H,5-6H2,1H3,(H,17,18). The number of amides is 2. The summed E-state index contributed by atoms with van der Waals surface area (Å²) in [5.41, 5.74) is -0.236. The fourth-order valence-corrected chi connectivity index (χ4v) is 2.00. The molecule has 1 aliphatic rings. The molecule has 6 heteroatoms. The molecule has 18 heavy (non-hydrogen) atoms. The van der Waals surface area contributed by atoms with E-state index in [1.807, 2.05) is 6.92 Å². The maximum absolute atomic E-state index is 11.9. The Morgan fingerprint density at radius 2 is 2.00 bits per heavy atom. The van der Waals surface area contributed by atoms with E-state index in [2.05, 4.69) is 4.98 Å². The Labute approximate surface area is 103 Å². The van der Waals surface area contributed by atoms with E-state index in [0.29, 0.717) is 0 Å². The molecule has 2 amide bonds. The van der Waals surface area contributed by atoms with Gasteiger partial charge in [0.25, 0.3) is 0 Å². The van der Waals surface area contributed by atoms with Crippen LogP contribution in [0.25, 0.3) is 0 Å². The van der Waals surface area contributed by atoms with Crippen LogP contribution >= 0.6 is 0 Å². The number of carbonyl (C=O) groups is 3. The van der Waals surface area contributed by atoms with Crippen LogP contribution < -0.4 is 4.90 Å². The molecule has 0 bridgehead atoms. The van der Waals surface area contributed by atoms with E-state index < -0.39 is 5.97 Å². The monoisotopic (exact) mass is 248 g/mol. The van der Waals surface area contributed by atoms with E-state index in [9.17, 15) is 14.4 Å². The van der Waals surface area contributed by atoms with Crippen LogP contribution in [0.4, 0.5) is 5.69 Å². The largest absolute Gasteiger partial charge is 0.476 e. The number of anilines is 1. The molecule has 94 valence electrons. The molecule has 0 saturated carbocycles. The Bertz CT molecular complexity index is 509. The zero-order valence-electron chi connectivity index (χ0n) is 9.79. The van der Waals surface area contributed by atoms with Gasteiger partial charge < -0.3 is 5.11 Å². The third-order valence-corrected chi connectivity index (χ3v) is 2.77. The third-order valence-electron chi connectivity index (χ3n) is 2.77. The normalized spacial score (nSPS) is 17.1.